The van der Waals surface area contributed by atoms with Crippen LogP contribution in [0.2, 0.25) is 0 Å². The number of nitrogens with one attached hydrogen (secondary N) is 2. The van der Waals surface area contributed by atoms with E-state index < -0.39 is 12.0 Å². The Hall–Kier alpha value is -1.26. The van der Waals surface area contributed by atoms with Gasteiger partial charge in [-0.2, -0.15) is 0 Å². The fourth-order valence-electron chi connectivity index (χ4n) is 2.80. The van der Waals surface area contributed by atoms with Crippen molar-refractivity contribution < 1.29 is 14.7 Å². The Balaban J connectivity index is 2.46. The third-order valence-corrected chi connectivity index (χ3v) is 3.93. The summed E-state index contributed by atoms with van der Waals surface area (Å²) in [4.78, 5) is 22.9. The number of rotatable bonds is 6. The van der Waals surface area contributed by atoms with E-state index in [1.54, 1.807) is 0 Å². The molecule has 0 spiro atoms. The Labute approximate surface area is 115 Å². The molecule has 0 saturated heterocycles. The van der Waals surface area contributed by atoms with Crippen molar-refractivity contribution in [2.45, 2.75) is 70.9 Å². The van der Waals surface area contributed by atoms with Gasteiger partial charge >= 0.3 is 12.0 Å². The predicted molar refractivity (Wildman–Crippen MR) is 74.0 cm³/mol. The number of carboxylic acids is 1. The van der Waals surface area contributed by atoms with Crippen molar-refractivity contribution in [2.75, 3.05) is 0 Å². The Morgan fingerprint density at radius 2 is 1.95 bits per heavy atom. The smallest absolute Gasteiger partial charge is 0.326 e. The van der Waals surface area contributed by atoms with Gasteiger partial charge in [-0.25, -0.2) is 9.59 Å². The normalized spacial score (nSPS) is 24.5. The molecule has 1 aliphatic rings. The molecule has 1 rings (SSSR count). The van der Waals surface area contributed by atoms with E-state index >= 15 is 0 Å². The summed E-state index contributed by atoms with van der Waals surface area (Å²) in [6, 6.07) is -0.935. The SMILES string of the molecule is CCC[C@@H](NC(=O)NC1CCCCC1CC)C(=O)O. The minimum absolute atomic E-state index is 0.190. The van der Waals surface area contributed by atoms with Crippen LogP contribution in [-0.4, -0.2) is 29.2 Å². The Morgan fingerprint density at radius 3 is 2.53 bits per heavy atom. The van der Waals surface area contributed by atoms with E-state index in [0.717, 1.165) is 32.1 Å². The molecule has 0 bridgehead atoms. The van der Waals surface area contributed by atoms with Gasteiger partial charge in [-0.3, -0.25) is 0 Å². The van der Waals surface area contributed by atoms with Crippen LogP contribution in [-0.2, 0) is 4.79 Å². The van der Waals surface area contributed by atoms with Gasteiger partial charge in [0.05, 0.1) is 0 Å². The third kappa shape index (κ3) is 5.09. The molecule has 5 nitrogen and oxygen atoms in total. The second-order valence-electron chi connectivity index (χ2n) is 5.36. The standard InChI is InChI=1S/C14H26N2O3/c1-3-7-12(13(17)18)16-14(19)15-11-9-6-5-8-10(11)4-2/h10-12H,3-9H2,1-2H3,(H,17,18)(H2,15,16,19)/t10?,11?,12-/m1/s1. The topological polar surface area (TPSA) is 78.4 Å². The second kappa shape index (κ2) is 8.02. The predicted octanol–water partition coefficient (Wildman–Crippen LogP) is 2.51. The molecule has 0 radical (unpaired) electrons. The zero-order chi connectivity index (χ0) is 14.3. The number of carbonyl (C=O) groups excluding carboxylic acids is 1. The van der Waals surface area contributed by atoms with Crippen molar-refractivity contribution in [3.63, 3.8) is 0 Å². The van der Waals surface area contributed by atoms with E-state index in [0.29, 0.717) is 12.3 Å². The fourth-order valence-corrected chi connectivity index (χ4v) is 2.80. The third-order valence-electron chi connectivity index (χ3n) is 3.93. The van der Waals surface area contributed by atoms with Gasteiger partial charge in [0, 0.05) is 6.04 Å². The van der Waals surface area contributed by atoms with Crippen LogP contribution in [0, 0.1) is 5.92 Å². The number of urea groups is 1. The van der Waals surface area contributed by atoms with E-state index in [4.69, 9.17) is 5.11 Å². The van der Waals surface area contributed by atoms with Crippen molar-refractivity contribution in [3.8, 4) is 0 Å². The molecule has 0 aromatic rings. The van der Waals surface area contributed by atoms with Gasteiger partial charge in [-0.05, 0) is 25.2 Å². The molecule has 2 amide bonds. The molecular weight excluding hydrogens is 244 g/mol. The number of hydrogen-bond donors (Lipinski definition) is 3. The average Bonchev–Trinajstić information content (AvgIpc) is 2.38. The molecule has 3 N–H and O–H groups in total. The quantitative estimate of drug-likeness (QED) is 0.694. The molecule has 2 unspecified atom stereocenters. The molecule has 0 aliphatic heterocycles. The first-order valence-electron chi connectivity index (χ1n) is 7.38. The van der Waals surface area contributed by atoms with Crippen LogP contribution in [0.4, 0.5) is 4.79 Å². The zero-order valence-electron chi connectivity index (χ0n) is 11.9. The molecule has 19 heavy (non-hydrogen) atoms. The second-order valence-corrected chi connectivity index (χ2v) is 5.36. The summed E-state index contributed by atoms with van der Waals surface area (Å²) in [6.07, 6.45) is 6.77. The Bertz CT molecular complexity index is 307. The van der Waals surface area contributed by atoms with Gasteiger partial charge in [-0.15, -0.1) is 0 Å². The zero-order valence-corrected chi connectivity index (χ0v) is 11.9. The number of hydrogen-bond acceptors (Lipinski definition) is 2. The number of amides is 2. The molecule has 3 atom stereocenters. The number of carbonyl (C=O) groups is 2. The maximum atomic E-state index is 11.9. The number of aliphatic carboxylic acids is 1. The van der Waals surface area contributed by atoms with Gasteiger partial charge in [-0.1, -0.05) is 39.5 Å². The fraction of sp³-hybridized carbons (Fsp3) is 0.857. The first-order valence-corrected chi connectivity index (χ1v) is 7.38. The molecule has 110 valence electrons. The lowest BCUT2D eigenvalue weighted by Crippen LogP contribution is -2.51. The van der Waals surface area contributed by atoms with Crippen LogP contribution < -0.4 is 10.6 Å². The lowest BCUT2D eigenvalue weighted by Gasteiger charge is -2.31. The molecule has 0 aromatic heterocycles. The first kappa shape index (κ1) is 15.8. The molecule has 1 saturated carbocycles. The maximum Gasteiger partial charge on any atom is 0.326 e. The number of carboxylic acid groups (broad SMARTS) is 1. The highest BCUT2D eigenvalue weighted by atomic mass is 16.4. The summed E-state index contributed by atoms with van der Waals surface area (Å²) in [7, 11) is 0. The average molecular weight is 270 g/mol. The van der Waals surface area contributed by atoms with Crippen LogP contribution >= 0.6 is 0 Å². The van der Waals surface area contributed by atoms with Crippen molar-refractivity contribution in [2.24, 2.45) is 5.92 Å². The van der Waals surface area contributed by atoms with Crippen molar-refractivity contribution in [1.82, 2.24) is 10.6 Å². The molecular formula is C14H26N2O3. The monoisotopic (exact) mass is 270 g/mol. The van der Waals surface area contributed by atoms with Crippen molar-refractivity contribution >= 4 is 12.0 Å². The van der Waals surface area contributed by atoms with E-state index in [1.165, 1.54) is 6.42 Å². The highest BCUT2D eigenvalue weighted by Crippen LogP contribution is 2.26. The lowest BCUT2D eigenvalue weighted by atomic mass is 9.83. The van der Waals surface area contributed by atoms with Gasteiger partial charge in [0.2, 0.25) is 0 Å². The minimum atomic E-state index is -0.965. The van der Waals surface area contributed by atoms with Crippen molar-refractivity contribution in [3.05, 3.63) is 0 Å². The summed E-state index contributed by atoms with van der Waals surface area (Å²) in [6.45, 7) is 4.05. The molecule has 0 heterocycles. The summed E-state index contributed by atoms with van der Waals surface area (Å²) in [5.41, 5.74) is 0. The van der Waals surface area contributed by atoms with Crippen LogP contribution in [0.25, 0.3) is 0 Å². The van der Waals surface area contributed by atoms with Gasteiger partial charge in [0.1, 0.15) is 6.04 Å². The maximum absolute atomic E-state index is 11.9. The van der Waals surface area contributed by atoms with Gasteiger partial charge in [0.15, 0.2) is 0 Å². The van der Waals surface area contributed by atoms with Crippen LogP contribution in [0.1, 0.15) is 58.8 Å². The molecule has 1 aliphatic carbocycles. The van der Waals surface area contributed by atoms with E-state index in [-0.39, 0.29) is 12.1 Å². The Morgan fingerprint density at radius 1 is 1.26 bits per heavy atom. The van der Waals surface area contributed by atoms with Gasteiger partial charge < -0.3 is 15.7 Å². The van der Waals surface area contributed by atoms with Crippen LogP contribution in [0.3, 0.4) is 0 Å². The summed E-state index contributed by atoms with van der Waals surface area (Å²) >= 11 is 0. The highest BCUT2D eigenvalue weighted by molar-refractivity contribution is 5.82. The highest BCUT2D eigenvalue weighted by Gasteiger charge is 2.26. The summed E-state index contributed by atoms with van der Waals surface area (Å²) < 4.78 is 0. The summed E-state index contributed by atoms with van der Waals surface area (Å²) in [5.74, 6) is -0.443. The lowest BCUT2D eigenvalue weighted by molar-refractivity contribution is -0.139. The summed E-state index contributed by atoms with van der Waals surface area (Å²) in [5, 5.41) is 14.5. The molecule has 0 aromatic carbocycles. The molecule has 5 heteroatoms. The first-order chi connectivity index (χ1) is 9.08. The van der Waals surface area contributed by atoms with E-state index in [9.17, 15) is 9.59 Å². The van der Waals surface area contributed by atoms with E-state index in [2.05, 4.69) is 17.6 Å². The van der Waals surface area contributed by atoms with Gasteiger partial charge in [0.25, 0.3) is 0 Å². The van der Waals surface area contributed by atoms with E-state index in [1.807, 2.05) is 6.92 Å². The van der Waals surface area contributed by atoms with Crippen LogP contribution in [0.15, 0.2) is 0 Å². The largest absolute Gasteiger partial charge is 0.480 e. The Kier molecular flexibility index (Phi) is 6.67. The minimum Gasteiger partial charge on any atom is -0.480 e. The van der Waals surface area contributed by atoms with Crippen molar-refractivity contribution in [1.29, 1.82) is 0 Å². The molecule has 1 fully saturated rings. The van der Waals surface area contributed by atoms with Crippen LogP contribution in [0.5, 0.6) is 0 Å².